The number of hydrogen-bond donors (Lipinski definition) is 0. The molecule has 0 aromatic carbocycles. The van der Waals surface area contributed by atoms with Gasteiger partial charge in [0.1, 0.15) is 0 Å². The fraction of sp³-hybridized carbons (Fsp3) is 0.900. The first-order valence-corrected chi connectivity index (χ1v) is 9.33. The molecule has 0 bridgehead atoms. The Kier molecular flexibility index (Phi) is 11.9. The standard InChI is InChI=1S/C20H40O2/c1-7-10-12-13-14-15-18-20(16-9-3,17-11-8-2)19(4,21-5)22-6/h11,17H,7-10,12-16,18H2,1-6H3. The van der Waals surface area contributed by atoms with Crippen LogP contribution in [0.2, 0.25) is 0 Å². The van der Waals surface area contributed by atoms with Crippen molar-refractivity contribution in [2.75, 3.05) is 14.2 Å². The van der Waals surface area contributed by atoms with Crippen LogP contribution in [0.15, 0.2) is 12.2 Å². The lowest BCUT2D eigenvalue weighted by atomic mass is 9.71. The summed E-state index contributed by atoms with van der Waals surface area (Å²) < 4.78 is 11.6. The second kappa shape index (κ2) is 12.1. The molecule has 2 nitrogen and oxygen atoms in total. The van der Waals surface area contributed by atoms with E-state index in [1.165, 1.54) is 38.5 Å². The summed E-state index contributed by atoms with van der Waals surface area (Å²) in [4.78, 5) is 0. The first-order chi connectivity index (χ1) is 10.6. The predicted octanol–water partition coefficient (Wildman–Crippen LogP) is 6.50. The Morgan fingerprint density at radius 1 is 0.773 bits per heavy atom. The Morgan fingerprint density at radius 2 is 1.36 bits per heavy atom. The Hall–Kier alpha value is -0.340. The highest BCUT2D eigenvalue weighted by Gasteiger charge is 2.46. The molecule has 0 amide bonds. The van der Waals surface area contributed by atoms with Crippen molar-refractivity contribution >= 4 is 0 Å². The molecule has 0 fully saturated rings. The molecule has 22 heavy (non-hydrogen) atoms. The summed E-state index contributed by atoms with van der Waals surface area (Å²) in [6, 6.07) is 0. The summed E-state index contributed by atoms with van der Waals surface area (Å²) in [7, 11) is 3.55. The molecule has 0 aromatic rings. The van der Waals surface area contributed by atoms with Crippen LogP contribution >= 0.6 is 0 Å². The van der Waals surface area contributed by atoms with Crippen LogP contribution in [-0.2, 0) is 9.47 Å². The van der Waals surface area contributed by atoms with Crippen molar-refractivity contribution in [1.29, 1.82) is 0 Å². The Bertz CT molecular complexity index is 281. The van der Waals surface area contributed by atoms with Gasteiger partial charge in [0, 0.05) is 19.6 Å². The third kappa shape index (κ3) is 6.42. The van der Waals surface area contributed by atoms with Crippen molar-refractivity contribution in [1.82, 2.24) is 0 Å². The van der Waals surface area contributed by atoms with Crippen LogP contribution < -0.4 is 0 Å². The van der Waals surface area contributed by atoms with Crippen LogP contribution in [0.1, 0.15) is 91.9 Å². The smallest absolute Gasteiger partial charge is 0.173 e. The van der Waals surface area contributed by atoms with Crippen LogP contribution in [0.25, 0.3) is 0 Å². The molecule has 1 unspecified atom stereocenters. The fourth-order valence-electron chi connectivity index (χ4n) is 3.40. The average Bonchev–Trinajstić information content (AvgIpc) is 2.54. The maximum absolute atomic E-state index is 5.82. The lowest BCUT2D eigenvalue weighted by molar-refractivity contribution is -0.255. The normalized spacial score (nSPS) is 15.4. The van der Waals surface area contributed by atoms with Gasteiger partial charge in [0.2, 0.25) is 0 Å². The fourth-order valence-corrected chi connectivity index (χ4v) is 3.40. The molecule has 0 N–H and O–H groups in total. The van der Waals surface area contributed by atoms with Crippen LogP contribution in [0, 0.1) is 5.41 Å². The quantitative estimate of drug-likeness (QED) is 0.207. The molecule has 0 heterocycles. The first kappa shape index (κ1) is 21.7. The van der Waals surface area contributed by atoms with E-state index in [0.717, 1.165) is 25.7 Å². The lowest BCUT2D eigenvalue weighted by Gasteiger charge is -2.45. The maximum Gasteiger partial charge on any atom is 0.173 e. The molecule has 1 atom stereocenters. The second-order valence-corrected chi connectivity index (χ2v) is 6.59. The monoisotopic (exact) mass is 312 g/mol. The van der Waals surface area contributed by atoms with Crippen LogP contribution in [0.4, 0.5) is 0 Å². The Morgan fingerprint density at radius 3 is 1.86 bits per heavy atom. The highest BCUT2D eigenvalue weighted by atomic mass is 16.7. The molecule has 0 saturated carbocycles. The minimum atomic E-state index is -0.544. The van der Waals surface area contributed by atoms with E-state index < -0.39 is 5.79 Å². The van der Waals surface area contributed by atoms with Gasteiger partial charge in [-0.15, -0.1) is 0 Å². The Labute approximate surface area is 139 Å². The van der Waals surface area contributed by atoms with Gasteiger partial charge >= 0.3 is 0 Å². The van der Waals surface area contributed by atoms with E-state index in [1.807, 2.05) is 0 Å². The third-order valence-corrected chi connectivity index (χ3v) is 5.03. The van der Waals surface area contributed by atoms with Crippen molar-refractivity contribution in [3.05, 3.63) is 12.2 Å². The maximum atomic E-state index is 5.82. The lowest BCUT2D eigenvalue weighted by Crippen LogP contribution is -2.48. The minimum Gasteiger partial charge on any atom is -0.353 e. The molecule has 0 aromatic heterocycles. The van der Waals surface area contributed by atoms with Gasteiger partial charge < -0.3 is 9.47 Å². The molecular formula is C20H40O2. The van der Waals surface area contributed by atoms with Crippen molar-refractivity contribution in [3.63, 3.8) is 0 Å². The van der Waals surface area contributed by atoms with E-state index in [4.69, 9.17) is 9.47 Å². The van der Waals surface area contributed by atoms with Crippen molar-refractivity contribution in [2.45, 2.75) is 97.7 Å². The van der Waals surface area contributed by atoms with E-state index >= 15 is 0 Å². The highest BCUT2D eigenvalue weighted by Crippen LogP contribution is 2.45. The summed E-state index contributed by atoms with van der Waals surface area (Å²) in [5.41, 5.74) is -0.0218. The molecule has 0 saturated heterocycles. The van der Waals surface area contributed by atoms with Gasteiger partial charge in [0.25, 0.3) is 0 Å². The van der Waals surface area contributed by atoms with Crippen LogP contribution in [-0.4, -0.2) is 20.0 Å². The summed E-state index contributed by atoms with van der Waals surface area (Å²) in [6.07, 6.45) is 17.1. The predicted molar refractivity (Wildman–Crippen MR) is 97.2 cm³/mol. The third-order valence-electron chi connectivity index (χ3n) is 5.03. The molecule has 0 radical (unpaired) electrons. The van der Waals surface area contributed by atoms with Gasteiger partial charge in [-0.2, -0.15) is 0 Å². The second-order valence-electron chi connectivity index (χ2n) is 6.59. The van der Waals surface area contributed by atoms with Gasteiger partial charge in [0.15, 0.2) is 5.79 Å². The van der Waals surface area contributed by atoms with Gasteiger partial charge in [-0.05, 0) is 26.2 Å². The molecular weight excluding hydrogens is 272 g/mol. The van der Waals surface area contributed by atoms with Crippen LogP contribution in [0.3, 0.4) is 0 Å². The van der Waals surface area contributed by atoms with Crippen molar-refractivity contribution < 1.29 is 9.47 Å². The van der Waals surface area contributed by atoms with E-state index in [2.05, 4.69) is 39.8 Å². The molecule has 0 spiro atoms. The van der Waals surface area contributed by atoms with Gasteiger partial charge in [-0.3, -0.25) is 0 Å². The summed E-state index contributed by atoms with van der Waals surface area (Å²) in [5.74, 6) is -0.544. The zero-order valence-electron chi connectivity index (χ0n) is 16.0. The van der Waals surface area contributed by atoms with E-state index in [1.54, 1.807) is 14.2 Å². The minimum absolute atomic E-state index is 0.0218. The summed E-state index contributed by atoms with van der Waals surface area (Å²) in [6.45, 7) is 8.81. The van der Waals surface area contributed by atoms with E-state index in [0.29, 0.717) is 0 Å². The molecule has 0 aliphatic carbocycles. The number of rotatable bonds is 14. The Balaban J connectivity index is 4.92. The SMILES string of the molecule is CCC=CC(CCC)(CCCCCCCC)C(C)(OC)OC. The van der Waals surface area contributed by atoms with E-state index in [9.17, 15) is 0 Å². The largest absolute Gasteiger partial charge is 0.353 e. The van der Waals surface area contributed by atoms with Crippen LogP contribution in [0.5, 0.6) is 0 Å². The number of ether oxygens (including phenoxy) is 2. The zero-order valence-corrected chi connectivity index (χ0v) is 16.0. The molecule has 0 rings (SSSR count). The number of methoxy groups -OCH3 is 2. The van der Waals surface area contributed by atoms with Crippen molar-refractivity contribution in [3.8, 4) is 0 Å². The molecule has 132 valence electrons. The van der Waals surface area contributed by atoms with Crippen molar-refractivity contribution in [2.24, 2.45) is 5.41 Å². The summed E-state index contributed by atoms with van der Waals surface area (Å²) in [5, 5.41) is 0. The van der Waals surface area contributed by atoms with Gasteiger partial charge in [0.05, 0.1) is 0 Å². The molecule has 2 heteroatoms. The highest BCUT2D eigenvalue weighted by molar-refractivity contribution is 5.06. The first-order valence-electron chi connectivity index (χ1n) is 9.33. The molecule has 0 aliphatic heterocycles. The number of allylic oxidation sites excluding steroid dienone is 1. The average molecular weight is 313 g/mol. The van der Waals surface area contributed by atoms with E-state index in [-0.39, 0.29) is 5.41 Å². The summed E-state index contributed by atoms with van der Waals surface area (Å²) >= 11 is 0. The zero-order chi connectivity index (χ0) is 16.9. The number of hydrogen-bond acceptors (Lipinski definition) is 2. The molecule has 0 aliphatic rings. The van der Waals surface area contributed by atoms with Gasteiger partial charge in [-0.1, -0.05) is 77.9 Å². The van der Waals surface area contributed by atoms with Gasteiger partial charge in [-0.25, -0.2) is 0 Å². The number of unbranched alkanes of at least 4 members (excludes halogenated alkanes) is 5. The topological polar surface area (TPSA) is 18.5 Å².